The standard InChI is InChI=1S/C21H25N3O5S/c1-15(22-20(25)18-7-12-29-14-18)21(26)23-8-10-24(11-9-23)30(27,28)19-6-5-16-3-2-4-17(16)13-19/h5-7,12-15H,2-4,8-11H2,1H3,(H,22,25). The lowest BCUT2D eigenvalue weighted by atomic mass is 10.1. The van der Waals surface area contributed by atoms with Gasteiger partial charge in [-0.1, -0.05) is 6.07 Å². The maximum atomic E-state index is 13.0. The molecule has 1 aliphatic heterocycles. The lowest BCUT2D eigenvalue weighted by Crippen LogP contribution is -2.55. The van der Waals surface area contributed by atoms with E-state index in [0.717, 1.165) is 24.8 Å². The van der Waals surface area contributed by atoms with Gasteiger partial charge in [0.15, 0.2) is 0 Å². The van der Waals surface area contributed by atoms with Crippen molar-refractivity contribution in [3.63, 3.8) is 0 Å². The highest BCUT2D eigenvalue weighted by Crippen LogP contribution is 2.26. The van der Waals surface area contributed by atoms with E-state index >= 15 is 0 Å². The van der Waals surface area contributed by atoms with Gasteiger partial charge in [0.2, 0.25) is 15.9 Å². The molecule has 0 saturated carbocycles. The fourth-order valence-corrected chi connectivity index (χ4v) is 5.49. The molecule has 1 unspecified atom stereocenters. The molecule has 2 amide bonds. The Hall–Kier alpha value is -2.65. The van der Waals surface area contributed by atoms with Crippen LogP contribution < -0.4 is 5.32 Å². The van der Waals surface area contributed by atoms with Crippen molar-refractivity contribution in [1.82, 2.24) is 14.5 Å². The minimum absolute atomic E-state index is 0.230. The molecule has 0 bridgehead atoms. The summed E-state index contributed by atoms with van der Waals surface area (Å²) in [5.41, 5.74) is 2.70. The van der Waals surface area contributed by atoms with Gasteiger partial charge in [0.1, 0.15) is 12.3 Å². The lowest BCUT2D eigenvalue weighted by Gasteiger charge is -2.35. The third-order valence-electron chi connectivity index (χ3n) is 5.76. The maximum absolute atomic E-state index is 13.0. The molecule has 4 rings (SSSR count). The van der Waals surface area contributed by atoms with Gasteiger partial charge in [0.05, 0.1) is 16.7 Å². The first-order valence-electron chi connectivity index (χ1n) is 10.1. The predicted molar refractivity (Wildman–Crippen MR) is 109 cm³/mol. The number of nitrogens with one attached hydrogen (secondary N) is 1. The van der Waals surface area contributed by atoms with Crippen LogP contribution in [0.1, 0.15) is 34.8 Å². The van der Waals surface area contributed by atoms with Gasteiger partial charge in [0.25, 0.3) is 5.91 Å². The van der Waals surface area contributed by atoms with Gasteiger partial charge in [-0.05, 0) is 55.5 Å². The molecule has 1 N–H and O–H groups in total. The molecule has 2 aliphatic rings. The predicted octanol–water partition coefficient (Wildman–Crippen LogP) is 1.42. The average Bonchev–Trinajstić information content (AvgIpc) is 3.44. The SMILES string of the molecule is CC(NC(=O)c1ccoc1)C(=O)N1CCN(S(=O)(=O)c2ccc3c(c2)CCC3)CC1. The van der Waals surface area contributed by atoms with E-state index in [4.69, 9.17) is 4.42 Å². The number of carbonyl (C=O) groups is 2. The Morgan fingerprint density at radius 2 is 1.80 bits per heavy atom. The van der Waals surface area contributed by atoms with E-state index < -0.39 is 16.1 Å². The van der Waals surface area contributed by atoms with Gasteiger partial charge >= 0.3 is 0 Å². The molecular weight excluding hydrogens is 406 g/mol. The Morgan fingerprint density at radius 1 is 1.07 bits per heavy atom. The molecule has 1 aromatic heterocycles. The number of hydrogen-bond acceptors (Lipinski definition) is 5. The molecule has 1 aliphatic carbocycles. The quantitative estimate of drug-likeness (QED) is 0.772. The van der Waals surface area contributed by atoms with Gasteiger partial charge in [-0.2, -0.15) is 4.31 Å². The highest BCUT2D eigenvalue weighted by Gasteiger charge is 2.32. The second kappa shape index (κ2) is 8.23. The third kappa shape index (κ3) is 3.99. The number of fused-ring (bicyclic) bond motifs is 1. The molecule has 1 aromatic carbocycles. The summed E-state index contributed by atoms with van der Waals surface area (Å²) in [4.78, 5) is 26.7. The van der Waals surface area contributed by atoms with Crippen molar-refractivity contribution in [1.29, 1.82) is 0 Å². The van der Waals surface area contributed by atoms with Crippen molar-refractivity contribution in [3.8, 4) is 0 Å². The monoisotopic (exact) mass is 431 g/mol. The molecule has 2 heterocycles. The number of aryl methyl sites for hydroxylation is 2. The van der Waals surface area contributed by atoms with Crippen molar-refractivity contribution in [2.24, 2.45) is 0 Å². The summed E-state index contributed by atoms with van der Waals surface area (Å²) in [6.07, 6.45) is 5.70. The number of benzene rings is 1. The minimum Gasteiger partial charge on any atom is -0.472 e. The molecule has 1 fully saturated rings. The molecule has 30 heavy (non-hydrogen) atoms. The molecule has 9 heteroatoms. The number of nitrogens with zero attached hydrogens (tertiary/aromatic N) is 2. The lowest BCUT2D eigenvalue weighted by molar-refractivity contribution is -0.134. The number of rotatable bonds is 5. The zero-order valence-corrected chi connectivity index (χ0v) is 17.7. The van der Waals surface area contributed by atoms with Crippen molar-refractivity contribution < 1.29 is 22.4 Å². The van der Waals surface area contributed by atoms with Crippen molar-refractivity contribution in [2.45, 2.75) is 37.1 Å². The van der Waals surface area contributed by atoms with Gasteiger partial charge < -0.3 is 14.6 Å². The Kier molecular flexibility index (Phi) is 5.66. The summed E-state index contributed by atoms with van der Waals surface area (Å²) < 4.78 is 32.4. The number of piperazine rings is 1. The first-order valence-corrected chi connectivity index (χ1v) is 11.5. The van der Waals surface area contributed by atoms with Crippen LogP contribution in [0.5, 0.6) is 0 Å². The topological polar surface area (TPSA) is 99.9 Å². The first-order chi connectivity index (χ1) is 14.4. The summed E-state index contributed by atoms with van der Waals surface area (Å²) in [6, 6.07) is 6.20. The molecule has 160 valence electrons. The minimum atomic E-state index is -3.59. The number of furan rings is 1. The summed E-state index contributed by atoms with van der Waals surface area (Å²) in [5.74, 6) is -0.621. The molecule has 1 atom stereocenters. The largest absolute Gasteiger partial charge is 0.472 e. The Balaban J connectivity index is 1.36. The van der Waals surface area contributed by atoms with Crippen LogP contribution in [0.25, 0.3) is 0 Å². The van der Waals surface area contributed by atoms with E-state index in [1.165, 1.54) is 28.5 Å². The number of sulfonamides is 1. The molecule has 1 saturated heterocycles. The van der Waals surface area contributed by atoms with E-state index in [1.807, 2.05) is 6.07 Å². The van der Waals surface area contributed by atoms with Crippen molar-refractivity contribution in [2.75, 3.05) is 26.2 Å². The third-order valence-corrected chi connectivity index (χ3v) is 7.65. The number of amides is 2. The van der Waals surface area contributed by atoms with E-state index in [0.29, 0.717) is 10.5 Å². The van der Waals surface area contributed by atoms with Crippen molar-refractivity contribution in [3.05, 3.63) is 53.5 Å². The molecule has 0 radical (unpaired) electrons. The van der Waals surface area contributed by atoms with E-state index in [2.05, 4.69) is 5.32 Å². The average molecular weight is 432 g/mol. The normalized spacial score (nSPS) is 18.1. The number of carbonyl (C=O) groups excluding carboxylic acids is 2. The highest BCUT2D eigenvalue weighted by molar-refractivity contribution is 7.89. The number of hydrogen-bond donors (Lipinski definition) is 1. The fourth-order valence-electron chi connectivity index (χ4n) is 4.02. The summed E-state index contributed by atoms with van der Waals surface area (Å²) >= 11 is 0. The van der Waals surface area contributed by atoms with Crippen LogP contribution in [0.4, 0.5) is 0 Å². The van der Waals surface area contributed by atoms with Crippen LogP contribution in [-0.4, -0.2) is 61.7 Å². The first kappa shape index (κ1) is 20.6. The maximum Gasteiger partial charge on any atom is 0.255 e. The van der Waals surface area contributed by atoms with Crippen molar-refractivity contribution >= 4 is 21.8 Å². The second-order valence-corrected chi connectivity index (χ2v) is 9.66. The van der Waals surface area contributed by atoms with Crippen LogP contribution in [0, 0.1) is 0 Å². The highest BCUT2D eigenvalue weighted by atomic mass is 32.2. The fraction of sp³-hybridized carbons (Fsp3) is 0.429. The van der Waals surface area contributed by atoms with E-state index in [1.54, 1.807) is 24.0 Å². The summed E-state index contributed by atoms with van der Waals surface area (Å²) in [6.45, 7) is 2.65. The molecule has 8 nitrogen and oxygen atoms in total. The van der Waals surface area contributed by atoms with Gasteiger partial charge in [-0.15, -0.1) is 0 Å². The summed E-state index contributed by atoms with van der Waals surface area (Å²) in [7, 11) is -3.59. The van der Waals surface area contributed by atoms with E-state index in [-0.39, 0.29) is 38.0 Å². The van der Waals surface area contributed by atoms with E-state index in [9.17, 15) is 18.0 Å². The zero-order valence-electron chi connectivity index (χ0n) is 16.8. The van der Waals surface area contributed by atoms with Gasteiger partial charge in [0, 0.05) is 26.2 Å². The molecule has 2 aromatic rings. The van der Waals surface area contributed by atoms with Crippen LogP contribution in [0.15, 0.2) is 46.1 Å². The van der Waals surface area contributed by atoms with Crippen LogP contribution >= 0.6 is 0 Å². The second-order valence-electron chi connectivity index (χ2n) is 7.72. The van der Waals surface area contributed by atoms with Gasteiger partial charge in [-0.3, -0.25) is 9.59 Å². The Morgan fingerprint density at radius 3 is 2.50 bits per heavy atom. The smallest absolute Gasteiger partial charge is 0.255 e. The Labute approximate surface area is 175 Å². The van der Waals surface area contributed by atoms with Crippen LogP contribution in [0.3, 0.4) is 0 Å². The molecule has 0 spiro atoms. The Bertz CT molecular complexity index is 1040. The molecular formula is C21H25N3O5S. The van der Waals surface area contributed by atoms with Crippen LogP contribution in [-0.2, 0) is 27.7 Å². The van der Waals surface area contributed by atoms with Crippen LogP contribution in [0.2, 0.25) is 0 Å². The summed E-state index contributed by atoms with van der Waals surface area (Å²) in [5, 5.41) is 2.65. The van der Waals surface area contributed by atoms with Gasteiger partial charge in [-0.25, -0.2) is 8.42 Å². The zero-order chi connectivity index (χ0) is 21.3.